The van der Waals surface area contributed by atoms with Crippen molar-refractivity contribution >= 4 is 11.6 Å². The van der Waals surface area contributed by atoms with Crippen LogP contribution in [0.4, 0.5) is 0 Å². The number of methoxy groups -OCH3 is 1. The van der Waals surface area contributed by atoms with Crippen LogP contribution in [0.2, 0.25) is 0 Å². The summed E-state index contributed by atoms with van der Waals surface area (Å²) in [5.41, 5.74) is 1.86. The molecule has 6 heteroatoms. The number of aryl methyl sites for hydroxylation is 1. The molecule has 0 saturated carbocycles. The normalized spacial score (nSPS) is 10.6. The van der Waals surface area contributed by atoms with Gasteiger partial charge in [-0.3, -0.25) is 9.20 Å². The molecule has 0 aliphatic heterocycles. The van der Waals surface area contributed by atoms with Gasteiger partial charge in [-0.25, -0.2) is 9.97 Å². The van der Waals surface area contributed by atoms with Gasteiger partial charge in [0.1, 0.15) is 0 Å². The molecule has 0 aliphatic rings. The van der Waals surface area contributed by atoms with Crippen molar-refractivity contribution in [3.8, 4) is 5.88 Å². The molecule has 0 saturated heterocycles. The fraction of sp³-hybridized carbons (Fsp3) is 0.300. The van der Waals surface area contributed by atoms with Crippen LogP contribution in [-0.4, -0.2) is 32.6 Å². The molecule has 2 heterocycles. The van der Waals surface area contributed by atoms with E-state index in [1.807, 2.05) is 0 Å². The van der Waals surface area contributed by atoms with E-state index in [4.69, 9.17) is 9.84 Å². The van der Waals surface area contributed by atoms with E-state index in [9.17, 15) is 4.79 Å². The second-order valence-corrected chi connectivity index (χ2v) is 3.34. The standard InChI is InChI=1S/C10H11N3O3/c1-6-7(5-8(14)15)13-4-3-11-10(16-2)9(13)12-6/h3-4H,5H2,1-2H3,(H,14,15). The molecule has 0 aromatic carbocycles. The Morgan fingerprint density at radius 3 is 3.00 bits per heavy atom. The Kier molecular flexibility index (Phi) is 2.47. The summed E-state index contributed by atoms with van der Waals surface area (Å²) in [6.07, 6.45) is 3.16. The maximum Gasteiger partial charge on any atom is 0.309 e. The highest BCUT2D eigenvalue weighted by molar-refractivity contribution is 5.71. The van der Waals surface area contributed by atoms with Gasteiger partial charge in [-0.1, -0.05) is 0 Å². The van der Waals surface area contributed by atoms with Gasteiger partial charge in [0.05, 0.1) is 24.9 Å². The monoisotopic (exact) mass is 221 g/mol. The number of carbonyl (C=O) groups is 1. The Balaban J connectivity index is 2.66. The van der Waals surface area contributed by atoms with E-state index < -0.39 is 5.97 Å². The van der Waals surface area contributed by atoms with Crippen molar-refractivity contribution in [3.63, 3.8) is 0 Å². The second kappa shape index (κ2) is 3.80. The number of carboxylic acids is 1. The first-order chi connectivity index (χ1) is 7.63. The minimum absolute atomic E-state index is 0.0693. The number of hydrogen-bond acceptors (Lipinski definition) is 4. The van der Waals surface area contributed by atoms with Gasteiger partial charge < -0.3 is 9.84 Å². The van der Waals surface area contributed by atoms with Crippen LogP contribution >= 0.6 is 0 Å². The van der Waals surface area contributed by atoms with Gasteiger partial charge >= 0.3 is 5.97 Å². The first kappa shape index (κ1) is 10.4. The second-order valence-electron chi connectivity index (χ2n) is 3.34. The molecule has 1 N–H and O–H groups in total. The number of rotatable bonds is 3. The SMILES string of the molecule is COc1nccn2c(CC(=O)O)c(C)nc12. The highest BCUT2D eigenvalue weighted by Gasteiger charge is 2.14. The van der Waals surface area contributed by atoms with E-state index in [0.717, 1.165) is 0 Å². The minimum Gasteiger partial charge on any atom is -0.481 e. The first-order valence-electron chi connectivity index (χ1n) is 4.71. The predicted octanol–water partition coefficient (Wildman–Crippen LogP) is 0.673. The van der Waals surface area contributed by atoms with Gasteiger partial charge in [-0.2, -0.15) is 0 Å². The summed E-state index contributed by atoms with van der Waals surface area (Å²) in [6.45, 7) is 1.77. The number of ether oxygens (including phenoxy) is 1. The smallest absolute Gasteiger partial charge is 0.309 e. The van der Waals surface area contributed by atoms with E-state index in [1.54, 1.807) is 23.7 Å². The van der Waals surface area contributed by atoms with Gasteiger partial charge in [0, 0.05) is 12.4 Å². The highest BCUT2D eigenvalue weighted by Crippen LogP contribution is 2.19. The fourth-order valence-corrected chi connectivity index (χ4v) is 1.62. The van der Waals surface area contributed by atoms with Crippen LogP contribution in [0, 0.1) is 6.92 Å². The highest BCUT2D eigenvalue weighted by atomic mass is 16.5. The van der Waals surface area contributed by atoms with Crippen molar-refractivity contribution < 1.29 is 14.6 Å². The maximum atomic E-state index is 10.7. The molecule has 0 fully saturated rings. The predicted molar refractivity (Wildman–Crippen MR) is 55.6 cm³/mol. The molecule has 0 radical (unpaired) electrons. The molecular formula is C10H11N3O3. The Hall–Kier alpha value is -2.11. The van der Waals surface area contributed by atoms with Crippen LogP contribution in [-0.2, 0) is 11.2 Å². The lowest BCUT2D eigenvalue weighted by atomic mass is 10.2. The molecule has 16 heavy (non-hydrogen) atoms. The maximum absolute atomic E-state index is 10.7. The Morgan fingerprint density at radius 2 is 2.38 bits per heavy atom. The van der Waals surface area contributed by atoms with E-state index in [-0.39, 0.29) is 6.42 Å². The van der Waals surface area contributed by atoms with Crippen LogP contribution in [0.1, 0.15) is 11.4 Å². The lowest BCUT2D eigenvalue weighted by Crippen LogP contribution is -2.05. The average molecular weight is 221 g/mol. The topological polar surface area (TPSA) is 76.7 Å². The zero-order valence-electron chi connectivity index (χ0n) is 8.97. The van der Waals surface area contributed by atoms with E-state index >= 15 is 0 Å². The van der Waals surface area contributed by atoms with Crippen molar-refractivity contribution in [1.82, 2.24) is 14.4 Å². The van der Waals surface area contributed by atoms with Crippen molar-refractivity contribution in [2.45, 2.75) is 13.3 Å². The molecule has 0 amide bonds. The molecule has 2 aromatic heterocycles. The number of imidazole rings is 1. The van der Waals surface area contributed by atoms with Crippen LogP contribution < -0.4 is 4.74 Å². The zero-order valence-corrected chi connectivity index (χ0v) is 8.97. The molecule has 84 valence electrons. The van der Waals surface area contributed by atoms with Crippen LogP contribution in [0.25, 0.3) is 5.65 Å². The van der Waals surface area contributed by atoms with Crippen LogP contribution in [0.15, 0.2) is 12.4 Å². The average Bonchev–Trinajstić information content (AvgIpc) is 2.55. The summed E-state index contributed by atoms with van der Waals surface area (Å²) in [6, 6.07) is 0. The van der Waals surface area contributed by atoms with Crippen molar-refractivity contribution in [3.05, 3.63) is 23.8 Å². The quantitative estimate of drug-likeness (QED) is 0.824. The van der Waals surface area contributed by atoms with E-state index in [0.29, 0.717) is 22.9 Å². The first-order valence-corrected chi connectivity index (χ1v) is 4.71. The zero-order chi connectivity index (χ0) is 11.7. The van der Waals surface area contributed by atoms with Crippen molar-refractivity contribution in [2.24, 2.45) is 0 Å². The minimum atomic E-state index is -0.888. The largest absolute Gasteiger partial charge is 0.481 e. The van der Waals surface area contributed by atoms with E-state index in [1.165, 1.54) is 7.11 Å². The summed E-state index contributed by atoms with van der Waals surface area (Å²) in [7, 11) is 1.50. The summed E-state index contributed by atoms with van der Waals surface area (Å²) in [5.74, 6) is -0.497. The Labute approximate surface area is 91.5 Å². The van der Waals surface area contributed by atoms with Gasteiger partial charge in [0.15, 0.2) is 0 Å². The molecule has 0 unspecified atom stereocenters. The molecule has 0 spiro atoms. The molecule has 0 atom stereocenters. The Bertz CT molecular complexity index is 547. The number of fused-ring (bicyclic) bond motifs is 1. The number of hydrogen-bond donors (Lipinski definition) is 1. The summed E-state index contributed by atoms with van der Waals surface area (Å²) in [5, 5.41) is 8.81. The van der Waals surface area contributed by atoms with Gasteiger partial charge in [-0.05, 0) is 6.92 Å². The lowest BCUT2D eigenvalue weighted by Gasteiger charge is -2.02. The number of aromatic nitrogens is 3. The molecule has 2 aromatic rings. The van der Waals surface area contributed by atoms with Crippen molar-refractivity contribution in [2.75, 3.05) is 7.11 Å². The number of nitrogens with zero attached hydrogens (tertiary/aromatic N) is 3. The van der Waals surface area contributed by atoms with Gasteiger partial charge in [0.2, 0.25) is 5.65 Å². The summed E-state index contributed by atoms with van der Waals surface area (Å²) >= 11 is 0. The number of carboxylic acid groups (broad SMARTS) is 1. The third-order valence-electron chi connectivity index (χ3n) is 2.32. The molecule has 0 bridgehead atoms. The lowest BCUT2D eigenvalue weighted by molar-refractivity contribution is -0.136. The van der Waals surface area contributed by atoms with Crippen LogP contribution in [0.3, 0.4) is 0 Å². The third kappa shape index (κ3) is 1.58. The Morgan fingerprint density at radius 1 is 1.62 bits per heavy atom. The third-order valence-corrected chi connectivity index (χ3v) is 2.32. The summed E-state index contributed by atoms with van der Waals surface area (Å²) in [4.78, 5) is 19.0. The van der Waals surface area contributed by atoms with Crippen molar-refractivity contribution in [1.29, 1.82) is 0 Å². The molecule has 6 nitrogen and oxygen atoms in total. The van der Waals surface area contributed by atoms with Gasteiger partial charge in [0.25, 0.3) is 5.88 Å². The van der Waals surface area contributed by atoms with E-state index in [2.05, 4.69) is 9.97 Å². The molecule has 2 rings (SSSR count). The van der Waals surface area contributed by atoms with Gasteiger partial charge in [-0.15, -0.1) is 0 Å². The molecular weight excluding hydrogens is 210 g/mol. The number of aliphatic carboxylic acids is 1. The fourth-order valence-electron chi connectivity index (χ4n) is 1.62. The molecule has 0 aliphatic carbocycles. The summed E-state index contributed by atoms with van der Waals surface area (Å²) < 4.78 is 6.75. The van der Waals surface area contributed by atoms with Crippen LogP contribution in [0.5, 0.6) is 5.88 Å².